The van der Waals surface area contributed by atoms with Gasteiger partial charge in [0.05, 0.1) is 20.3 Å². The van der Waals surface area contributed by atoms with Gasteiger partial charge in [0.1, 0.15) is 0 Å². The Balaban J connectivity index is 2.78. The normalized spacial score (nSPS) is 11.3. The molecule has 0 saturated heterocycles. The minimum Gasteiger partial charge on any atom is -0.493 e. The standard InChI is InChI=1S/C15H20N2O3/c1-5-6-12(16)15(18)17(2)10-11-7-8-13(19-3)14(9-11)20-4/h1,7-9,12H,6,10,16H2,2-4H3. The van der Waals surface area contributed by atoms with E-state index in [0.717, 1.165) is 5.56 Å². The molecule has 1 amide bonds. The highest BCUT2D eigenvalue weighted by molar-refractivity contribution is 5.81. The van der Waals surface area contributed by atoms with Gasteiger partial charge in [-0.2, -0.15) is 0 Å². The number of carbonyl (C=O) groups is 1. The minimum absolute atomic E-state index is 0.183. The molecule has 1 unspecified atom stereocenters. The fourth-order valence-electron chi connectivity index (χ4n) is 1.83. The topological polar surface area (TPSA) is 64.8 Å². The molecule has 0 aliphatic carbocycles. The molecule has 0 aliphatic heterocycles. The van der Waals surface area contributed by atoms with Crippen LogP contribution < -0.4 is 15.2 Å². The predicted octanol–water partition coefficient (Wildman–Crippen LogP) is 1.01. The highest BCUT2D eigenvalue weighted by Gasteiger charge is 2.17. The number of hydrogen-bond donors (Lipinski definition) is 1. The van der Waals surface area contributed by atoms with Gasteiger partial charge in [0.25, 0.3) is 0 Å². The zero-order valence-electron chi connectivity index (χ0n) is 12.1. The molecule has 0 fully saturated rings. The molecular weight excluding hydrogens is 256 g/mol. The van der Waals surface area contributed by atoms with E-state index in [1.54, 1.807) is 32.2 Å². The van der Waals surface area contributed by atoms with Gasteiger partial charge < -0.3 is 20.1 Å². The Morgan fingerprint density at radius 3 is 2.60 bits per heavy atom. The van der Waals surface area contributed by atoms with E-state index >= 15 is 0 Å². The average molecular weight is 276 g/mol. The van der Waals surface area contributed by atoms with E-state index < -0.39 is 6.04 Å². The van der Waals surface area contributed by atoms with Gasteiger partial charge in [-0.05, 0) is 17.7 Å². The van der Waals surface area contributed by atoms with Crippen LogP contribution in [0.25, 0.3) is 0 Å². The van der Waals surface area contributed by atoms with Gasteiger partial charge in [0, 0.05) is 20.0 Å². The lowest BCUT2D eigenvalue weighted by molar-refractivity contribution is -0.131. The Bertz CT molecular complexity index is 508. The van der Waals surface area contributed by atoms with Crippen LogP contribution in [0.1, 0.15) is 12.0 Å². The van der Waals surface area contributed by atoms with Crippen molar-refractivity contribution in [2.45, 2.75) is 19.0 Å². The summed E-state index contributed by atoms with van der Waals surface area (Å²) >= 11 is 0. The fraction of sp³-hybridized carbons (Fsp3) is 0.400. The average Bonchev–Trinajstić information content (AvgIpc) is 2.46. The smallest absolute Gasteiger partial charge is 0.240 e. The number of amides is 1. The molecule has 2 N–H and O–H groups in total. The number of methoxy groups -OCH3 is 2. The van der Waals surface area contributed by atoms with E-state index in [0.29, 0.717) is 18.0 Å². The lowest BCUT2D eigenvalue weighted by atomic mass is 10.1. The van der Waals surface area contributed by atoms with Crippen molar-refractivity contribution in [1.29, 1.82) is 0 Å². The van der Waals surface area contributed by atoms with Crippen LogP contribution in [0.3, 0.4) is 0 Å². The van der Waals surface area contributed by atoms with Crippen LogP contribution in [-0.4, -0.2) is 38.1 Å². The first-order valence-corrected chi connectivity index (χ1v) is 6.18. The molecule has 108 valence electrons. The lowest BCUT2D eigenvalue weighted by Crippen LogP contribution is -2.41. The molecule has 1 aromatic rings. The number of rotatable bonds is 6. The molecular formula is C15H20N2O3. The van der Waals surface area contributed by atoms with E-state index in [1.165, 1.54) is 0 Å². The Kier molecular flexibility index (Phi) is 5.88. The number of likely N-dealkylation sites (N-methyl/N-ethyl adjacent to an activating group) is 1. The van der Waals surface area contributed by atoms with Crippen LogP contribution in [-0.2, 0) is 11.3 Å². The third-order valence-electron chi connectivity index (χ3n) is 2.90. The van der Waals surface area contributed by atoms with Crippen molar-refractivity contribution >= 4 is 5.91 Å². The molecule has 0 aromatic heterocycles. The summed E-state index contributed by atoms with van der Waals surface area (Å²) < 4.78 is 10.4. The largest absolute Gasteiger partial charge is 0.493 e. The molecule has 0 bridgehead atoms. The third kappa shape index (κ3) is 3.90. The Morgan fingerprint density at radius 2 is 2.05 bits per heavy atom. The zero-order chi connectivity index (χ0) is 15.1. The quantitative estimate of drug-likeness (QED) is 0.788. The maximum atomic E-state index is 12.0. The van der Waals surface area contributed by atoms with Crippen LogP contribution in [0.4, 0.5) is 0 Å². The summed E-state index contributed by atoms with van der Waals surface area (Å²) in [5, 5.41) is 0. The predicted molar refractivity (Wildman–Crippen MR) is 77.4 cm³/mol. The van der Waals surface area contributed by atoms with E-state index in [-0.39, 0.29) is 12.3 Å². The van der Waals surface area contributed by atoms with Gasteiger partial charge in [-0.15, -0.1) is 12.3 Å². The lowest BCUT2D eigenvalue weighted by Gasteiger charge is -2.21. The van der Waals surface area contributed by atoms with Gasteiger partial charge in [0.2, 0.25) is 5.91 Å². The molecule has 20 heavy (non-hydrogen) atoms. The van der Waals surface area contributed by atoms with Gasteiger partial charge in [-0.1, -0.05) is 6.07 Å². The van der Waals surface area contributed by atoms with Gasteiger partial charge >= 0.3 is 0 Å². The Labute approximate surface area is 119 Å². The highest BCUT2D eigenvalue weighted by Crippen LogP contribution is 2.27. The first-order chi connectivity index (χ1) is 9.53. The third-order valence-corrected chi connectivity index (χ3v) is 2.90. The molecule has 1 atom stereocenters. The SMILES string of the molecule is C#CCC(N)C(=O)N(C)Cc1ccc(OC)c(OC)c1. The summed E-state index contributed by atoms with van der Waals surface area (Å²) in [7, 11) is 4.83. The second-order valence-electron chi connectivity index (χ2n) is 4.40. The molecule has 0 radical (unpaired) electrons. The second-order valence-corrected chi connectivity index (χ2v) is 4.40. The molecule has 5 heteroatoms. The molecule has 0 heterocycles. The number of hydrogen-bond acceptors (Lipinski definition) is 4. The number of terminal acetylenes is 1. The van der Waals surface area contributed by atoms with Crippen molar-refractivity contribution in [2.75, 3.05) is 21.3 Å². The molecule has 1 aromatic carbocycles. The van der Waals surface area contributed by atoms with Crippen LogP contribution in [0.15, 0.2) is 18.2 Å². The van der Waals surface area contributed by atoms with Crippen LogP contribution in [0.5, 0.6) is 11.5 Å². The monoisotopic (exact) mass is 276 g/mol. The first kappa shape index (κ1) is 15.9. The summed E-state index contributed by atoms with van der Waals surface area (Å²) in [6, 6.07) is 4.84. The minimum atomic E-state index is -0.662. The Morgan fingerprint density at radius 1 is 1.40 bits per heavy atom. The van der Waals surface area contributed by atoms with E-state index in [4.69, 9.17) is 21.6 Å². The zero-order valence-corrected chi connectivity index (χ0v) is 12.1. The number of nitrogens with zero attached hydrogens (tertiary/aromatic N) is 1. The highest BCUT2D eigenvalue weighted by atomic mass is 16.5. The number of ether oxygens (including phenoxy) is 2. The van der Waals surface area contributed by atoms with Crippen molar-refractivity contribution in [2.24, 2.45) is 5.73 Å². The van der Waals surface area contributed by atoms with E-state index in [9.17, 15) is 4.79 Å². The summed E-state index contributed by atoms with van der Waals surface area (Å²) in [5.74, 6) is 3.48. The summed E-state index contributed by atoms with van der Waals surface area (Å²) in [6.45, 7) is 0.428. The van der Waals surface area contributed by atoms with Crippen molar-refractivity contribution in [3.63, 3.8) is 0 Å². The fourth-order valence-corrected chi connectivity index (χ4v) is 1.83. The molecule has 5 nitrogen and oxygen atoms in total. The van der Waals surface area contributed by atoms with Crippen molar-refractivity contribution in [3.8, 4) is 23.8 Å². The summed E-state index contributed by atoms with van der Waals surface area (Å²) in [6.07, 6.45) is 5.39. The first-order valence-electron chi connectivity index (χ1n) is 6.18. The van der Waals surface area contributed by atoms with Crippen LogP contribution in [0, 0.1) is 12.3 Å². The van der Waals surface area contributed by atoms with E-state index in [2.05, 4.69) is 5.92 Å². The molecule has 0 saturated carbocycles. The summed E-state index contributed by atoms with van der Waals surface area (Å²) in [5.41, 5.74) is 6.63. The maximum absolute atomic E-state index is 12.0. The van der Waals surface area contributed by atoms with Crippen LogP contribution >= 0.6 is 0 Å². The van der Waals surface area contributed by atoms with Gasteiger partial charge in [-0.25, -0.2) is 0 Å². The second kappa shape index (κ2) is 7.41. The Hall–Kier alpha value is -2.19. The molecule has 0 aliphatic rings. The van der Waals surface area contributed by atoms with Gasteiger partial charge in [0.15, 0.2) is 11.5 Å². The van der Waals surface area contributed by atoms with Gasteiger partial charge in [-0.3, -0.25) is 4.79 Å². The maximum Gasteiger partial charge on any atom is 0.240 e. The molecule has 1 rings (SSSR count). The van der Waals surface area contributed by atoms with Crippen LogP contribution in [0.2, 0.25) is 0 Å². The summed E-state index contributed by atoms with van der Waals surface area (Å²) in [4.78, 5) is 13.5. The number of carbonyl (C=O) groups excluding carboxylic acids is 1. The van der Waals surface area contributed by atoms with Crippen molar-refractivity contribution < 1.29 is 14.3 Å². The van der Waals surface area contributed by atoms with E-state index in [1.807, 2.05) is 12.1 Å². The number of benzene rings is 1. The van der Waals surface area contributed by atoms with Crippen molar-refractivity contribution in [1.82, 2.24) is 4.90 Å². The molecule has 0 spiro atoms. The number of nitrogens with two attached hydrogens (primary N) is 1. The van der Waals surface area contributed by atoms with Crippen molar-refractivity contribution in [3.05, 3.63) is 23.8 Å².